The van der Waals surface area contributed by atoms with Crippen molar-refractivity contribution in [1.82, 2.24) is 4.90 Å². The maximum absolute atomic E-state index is 11.9. The van der Waals surface area contributed by atoms with E-state index in [0.717, 1.165) is 19.6 Å². The van der Waals surface area contributed by atoms with E-state index in [4.69, 9.17) is 15.2 Å². The number of likely N-dealkylation sites (tertiary alicyclic amines) is 1. The number of hydrogen-bond donors (Lipinski definition) is 1. The lowest BCUT2D eigenvalue weighted by Crippen LogP contribution is -2.64. The minimum absolute atomic E-state index is 0.00230. The van der Waals surface area contributed by atoms with Crippen molar-refractivity contribution in [2.75, 3.05) is 26.3 Å². The molecule has 17 heavy (non-hydrogen) atoms. The Bertz CT molecular complexity index is 307. The van der Waals surface area contributed by atoms with Crippen molar-refractivity contribution in [2.24, 2.45) is 11.1 Å². The zero-order valence-corrected chi connectivity index (χ0v) is 10.9. The van der Waals surface area contributed by atoms with Crippen molar-refractivity contribution < 1.29 is 14.3 Å². The molecule has 0 aromatic rings. The number of hydrogen-bond acceptors (Lipinski definition) is 4. The second-order valence-corrected chi connectivity index (χ2v) is 6.14. The van der Waals surface area contributed by atoms with E-state index in [0.29, 0.717) is 13.1 Å². The third-order valence-electron chi connectivity index (χ3n) is 3.51. The monoisotopic (exact) mass is 242 g/mol. The van der Waals surface area contributed by atoms with Gasteiger partial charge in [-0.25, -0.2) is 4.79 Å². The van der Waals surface area contributed by atoms with Crippen molar-refractivity contribution in [3.05, 3.63) is 0 Å². The van der Waals surface area contributed by atoms with Crippen LogP contribution < -0.4 is 5.73 Å². The van der Waals surface area contributed by atoms with Crippen LogP contribution in [0, 0.1) is 5.41 Å². The molecule has 2 saturated heterocycles. The van der Waals surface area contributed by atoms with Crippen molar-refractivity contribution >= 4 is 6.09 Å². The van der Waals surface area contributed by atoms with Gasteiger partial charge in [0, 0.05) is 24.5 Å². The van der Waals surface area contributed by atoms with Gasteiger partial charge in [-0.3, -0.25) is 0 Å². The van der Waals surface area contributed by atoms with E-state index in [1.807, 2.05) is 20.8 Å². The van der Waals surface area contributed by atoms with Crippen LogP contribution in [0.4, 0.5) is 4.79 Å². The Morgan fingerprint density at radius 3 is 2.53 bits per heavy atom. The van der Waals surface area contributed by atoms with E-state index in [2.05, 4.69) is 0 Å². The van der Waals surface area contributed by atoms with Gasteiger partial charge in [0.2, 0.25) is 0 Å². The van der Waals surface area contributed by atoms with Crippen LogP contribution in [-0.2, 0) is 9.47 Å². The van der Waals surface area contributed by atoms with Gasteiger partial charge in [0.25, 0.3) is 0 Å². The lowest BCUT2D eigenvalue weighted by molar-refractivity contribution is -0.148. The van der Waals surface area contributed by atoms with Gasteiger partial charge in [0.1, 0.15) is 5.60 Å². The topological polar surface area (TPSA) is 64.8 Å². The molecule has 2 aliphatic heterocycles. The number of carbonyl (C=O) groups excluding carboxylic acids is 1. The van der Waals surface area contributed by atoms with E-state index in [1.165, 1.54) is 0 Å². The van der Waals surface area contributed by atoms with Crippen molar-refractivity contribution in [2.45, 2.75) is 38.8 Å². The van der Waals surface area contributed by atoms with E-state index in [1.54, 1.807) is 4.90 Å². The Balaban J connectivity index is 1.91. The third kappa shape index (κ3) is 2.55. The molecular formula is C12H22N2O3. The van der Waals surface area contributed by atoms with Gasteiger partial charge in [-0.2, -0.15) is 0 Å². The smallest absolute Gasteiger partial charge is 0.410 e. The average Bonchev–Trinajstić information content (AvgIpc) is 2.12. The van der Waals surface area contributed by atoms with Gasteiger partial charge < -0.3 is 20.1 Å². The summed E-state index contributed by atoms with van der Waals surface area (Å²) in [4.78, 5) is 13.6. The van der Waals surface area contributed by atoms with Crippen LogP contribution in [-0.4, -0.2) is 48.9 Å². The highest BCUT2D eigenvalue weighted by atomic mass is 16.6. The molecule has 2 rings (SSSR count). The van der Waals surface area contributed by atoms with Gasteiger partial charge in [0.15, 0.2) is 0 Å². The first-order valence-electron chi connectivity index (χ1n) is 6.14. The fraction of sp³-hybridized carbons (Fsp3) is 0.917. The number of nitrogens with zero attached hydrogens (tertiary/aromatic N) is 1. The van der Waals surface area contributed by atoms with E-state index < -0.39 is 5.60 Å². The van der Waals surface area contributed by atoms with Crippen molar-refractivity contribution in [3.8, 4) is 0 Å². The van der Waals surface area contributed by atoms with E-state index >= 15 is 0 Å². The zero-order chi connectivity index (χ0) is 12.7. The number of nitrogens with two attached hydrogens (primary N) is 1. The number of piperidine rings is 1. The zero-order valence-electron chi connectivity index (χ0n) is 10.9. The van der Waals surface area contributed by atoms with Gasteiger partial charge in [0.05, 0.1) is 13.2 Å². The molecule has 5 heteroatoms. The molecule has 1 spiro atoms. The summed E-state index contributed by atoms with van der Waals surface area (Å²) in [6.07, 6.45) is 0.649. The highest BCUT2D eigenvalue weighted by Gasteiger charge is 2.48. The largest absolute Gasteiger partial charge is 0.444 e. The summed E-state index contributed by atoms with van der Waals surface area (Å²) in [5, 5.41) is 0. The molecule has 2 heterocycles. The molecular weight excluding hydrogens is 220 g/mol. The van der Waals surface area contributed by atoms with Gasteiger partial charge in [-0.05, 0) is 27.2 Å². The minimum Gasteiger partial charge on any atom is -0.444 e. The van der Waals surface area contributed by atoms with E-state index in [-0.39, 0.29) is 17.6 Å². The molecule has 98 valence electrons. The summed E-state index contributed by atoms with van der Waals surface area (Å²) in [5.41, 5.74) is 5.80. The first-order valence-corrected chi connectivity index (χ1v) is 6.14. The second-order valence-electron chi connectivity index (χ2n) is 6.14. The average molecular weight is 242 g/mol. The van der Waals surface area contributed by atoms with Gasteiger partial charge in [-0.1, -0.05) is 0 Å². The fourth-order valence-electron chi connectivity index (χ4n) is 2.28. The maximum atomic E-state index is 11.9. The predicted octanol–water partition coefficient (Wildman–Crippen LogP) is 0.971. The highest BCUT2D eigenvalue weighted by molar-refractivity contribution is 5.68. The fourth-order valence-corrected chi connectivity index (χ4v) is 2.28. The number of ether oxygens (including phenoxy) is 2. The predicted molar refractivity (Wildman–Crippen MR) is 63.7 cm³/mol. The molecule has 0 aromatic heterocycles. The van der Waals surface area contributed by atoms with Crippen LogP contribution in [0.15, 0.2) is 0 Å². The normalized spacial score (nSPS) is 27.8. The second kappa shape index (κ2) is 4.14. The number of rotatable bonds is 0. The molecule has 1 unspecified atom stereocenters. The molecule has 0 saturated carbocycles. The summed E-state index contributed by atoms with van der Waals surface area (Å²) in [6.45, 7) is 8.36. The lowest BCUT2D eigenvalue weighted by Gasteiger charge is -2.51. The third-order valence-corrected chi connectivity index (χ3v) is 3.51. The van der Waals surface area contributed by atoms with Crippen LogP contribution in [0.2, 0.25) is 0 Å². The Hall–Kier alpha value is -0.810. The standard InChI is InChI=1S/C12H22N2O3/c1-11(2,3)17-10(15)14-5-4-12(7-16-8-12)9(13)6-14/h9H,4-8,13H2,1-3H3. The molecule has 2 aliphatic rings. The summed E-state index contributed by atoms with van der Waals surface area (Å²) < 4.78 is 10.6. The van der Waals surface area contributed by atoms with Crippen LogP contribution in [0.3, 0.4) is 0 Å². The summed E-state index contributed by atoms with van der Waals surface area (Å²) in [7, 11) is 0. The highest BCUT2D eigenvalue weighted by Crippen LogP contribution is 2.37. The molecule has 5 nitrogen and oxygen atoms in total. The molecule has 0 bridgehead atoms. The molecule has 1 amide bonds. The molecule has 0 aliphatic carbocycles. The molecule has 2 N–H and O–H groups in total. The molecule has 1 atom stereocenters. The quantitative estimate of drug-likeness (QED) is 0.687. The first kappa shape index (κ1) is 12.6. The first-order chi connectivity index (χ1) is 7.82. The maximum Gasteiger partial charge on any atom is 0.410 e. The van der Waals surface area contributed by atoms with E-state index in [9.17, 15) is 4.79 Å². The minimum atomic E-state index is -0.449. The van der Waals surface area contributed by atoms with Crippen LogP contribution in [0.5, 0.6) is 0 Å². The number of amides is 1. The SMILES string of the molecule is CC(C)(C)OC(=O)N1CCC2(COC2)C(N)C1. The lowest BCUT2D eigenvalue weighted by atomic mass is 9.73. The summed E-state index contributed by atoms with van der Waals surface area (Å²) in [6, 6.07) is -0.00230. The Kier molecular flexibility index (Phi) is 3.08. The van der Waals surface area contributed by atoms with Crippen molar-refractivity contribution in [3.63, 3.8) is 0 Å². The number of carbonyl (C=O) groups is 1. The Labute approximate surface area is 102 Å². The van der Waals surface area contributed by atoms with Gasteiger partial charge in [-0.15, -0.1) is 0 Å². The van der Waals surface area contributed by atoms with Crippen LogP contribution >= 0.6 is 0 Å². The summed E-state index contributed by atoms with van der Waals surface area (Å²) in [5.74, 6) is 0. The molecule has 0 aromatic carbocycles. The van der Waals surface area contributed by atoms with Gasteiger partial charge >= 0.3 is 6.09 Å². The van der Waals surface area contributed by atoms with Crippen molar-refractivity contribution in [1.29, 1.82) is 0 Å². The Morgan fingerprint density at radius 2 is 2.12 bits per heavy atom. The van der Waals surface area contributed by atoms with Crippen LogP contribution in [0.25, 0.3) is 0 Å². The Morgan fingerprint density at radius 1 is 1.47 bits per heavy atom. The summed E-state index contributed by atoms with van der Waals surface area (Å²) >= 11 is 0. The van der Waals surface area contributed by atoms with Crippen LogP contribution in [0.1, 0.15) is 27.2 Å². The molecule has 0 radical (unpaired) electrons. The molecule has 2 fully saturated rings.